The van der Waals surface area contributed by atoms with Gasteiger partial charge in [-0.15, -0.1) is 0 Å². The molecule has 124 valence electrons. The van der Waals surface area contributed by atoms with Gasteiger partial charge in [-0.3, -0.25) is 4.98 Å². The maximum atomic E-state index is 8.26. The molecule has 1 aliphatic rings. The third-order valence-corrected chi connectivity index (χ3v) is 5.27. The minimum atomic E-state index is -2.33. The third-order valence-electron chi connectivity index (χ3n) is 5.27. The Labute approximate surface area is 154 Å². The van der Waals surface area contributed by atoms with Crippen LogP contribution in [0.3, 0.4) is 0 Å². The highest BCUT2D eigenvalue weighted by atomic mass is 15.3. The monoisotopic (exact) mass is 340 g/mol. The maximum absolute atomic E-state index is 8.26. The number of para-hydroxylation sites is 1. The zero-order valence-corrected chi connectivity index (χ0v) is 13.9. The molecule has 0 unspecified atom stereocenters. The van der Waals surface area contributed by atoms with E-state index in [4.69, 9.17) is 4.11 Å². The van der Waals surface area contributed by atoms with Crippen molar-refractivity contribution in [2.24, 2.45) is 6.98 Å². The molecule has 0 saturated heterocycles. The summed E-state index contributed by atoms with van der Waals surface area (Å²) in [7, 11) is 0. The van der Waals surface area contributed by atoms with Gasteiger partial charge in [0.25, 0.3) is 11.5 Å². The molecule has 0 bridgehead atoms. The van der Waals surface area contributed by atoms with Gasteiger partial charge in [0.2, 0.25) is 5.52 Å². The Bertz CT molecular complexity index is 1410. The van der Waals surface area contributed by atoms with Gasteiger partial charge in [-0.05, 0) is 24.3 Å². The summed E-state index contributed by atoms with van der Waals surface area (Å²) in [5, 5.41) is 0.898. The molecule has 3 aromatic heterocycles. The number of imidazole rings is 1. The van der Waals surface area contributed by atoms with Crippen LogP contribution in [0.2, 0.25) is 0 Å². The van der Waals surface area contributed by atoms with Gasteiger partial charge in [-0.1, -0.05) is 36.4 Å². The topological polar surface area (TPSA) is 26.6 Å². The summed E-state index contributed by atoms with van der Waals surface area (Å²) in [6.07, 6.45) is 3.37. The first-order valence-electron chi connectivity index (χ1n) is 10.1. The van der Waals surface area contributed by atoms with Gasteiger partial charge in [0.1, 0.15) is 12.2 Å². The van der Waals surface area contributed by atoms with Gasteiger partial charge in [0.15, 0.2) is 0 Å². The molecule has 5 aromatic rings. The van der Waals surface area contributed by atoms with Gasteiger partial charge < -0.3 is 4.57 Å². The Morgan fingerprint density at radius 3 is 2.77 bits per heavy atom. The van der Waals surface area contributed by atoms with Crippen molar-refractivity contribution in [2.75, 3.05) is 0 Å². The van der Waals surface area contributed by atoms with Crippen LogP contribution in [0, 0.1) is 0 Å². The van der Waals surface area contributed by atoms with E-state index >= 15 is 0 Å². The smallest absolute Gasteiger partial charge is 0.297 e. The van der Waals surface area contributed by atoms with Crippen LogP contribution in [0.4, 0.5) is 0 Å². The standard InChI is InChI=1S/C22H17N4/c1-24-19-13-23-12-11-18(19)20-22(24)26(16-8-3-2-4-9-16)21-17-10-6-5-7-15(17)14-25(20)21/h2-13H,14H2,1H3/q+1/i1D3. The van der Waals surface area contributed by atoms with E-state index in [1.165, 1.54) is 10.1 Å². The average molecular weight is 340 g/mol. The molecule has 26 heavy (non-hydrogen) atoms. The number of benzene rings is 2. The highest BCUT2D eigenvalue weighted by Gasteiger charge is 2.37. The zero-order chi connectivity index (χ0) is 19.8. The first kappa shape index (κ1) is 11.3. The fraction of sp³-hybridized carbons (Fsp3) is 0.0909. The fourth-order valence-corrected chi connectivity index (χ4v) is 4.19. The van der Waals surface area contributed by atoms with Crippen molar-refractivity contribution in [3.05, 3.63) is 78.6 Å². The lowest BCUT2D eigenvalue weighted by Crippen LogP contribution is -2.31. The second-order valence-electron chi connectivity index (χ2n) is 6.64. The lowest BCUT2D eigenvalue weighted by Gasteiger charge is -2.03. The van der Waals surface area contributed by atoms with Crippen molar-refractivity contribution in [1.82, 2.24) is 14.1 Å². The van der Waals surface area contributed by atoms with Crippen molar-refractivity contribution < 1.29 is 8.68 Å². The van der Waals surface area contributed by atoms with Crippen LogP contribution >= 0.6 is 0 Å². The predicted molar refractivity (Wildman–Crippen MR) is 102 cm³/mol. The van der Waals surface area contributed by atoms with Crippen LogP contribution in [0.15, 0.2) is 73.1 Å². The lowest BCUT2D eigenvalue weighted by atomic mass is 10.1. The number of hydrogen-bond acceptors (Lipinski definition) is 1. The molecular formula is C22H17N4+. The molecule has 1 aliphatic heterocycles. The molecule has 0 N–H and O–H groups in total. The minimum absolute atomic E-state index is 0.619. The second kappa shape index (κ2) is 4.82. The van der Waals surface area contributed by atoms with E-state index in [2.05, 4.69) is 26.3 Å². The quantitative estimate of drug-likeness (QED) is 0.418. The summed E-state index contributed by atoms with van der Waals surface area (Å²) in [6.45, 7) is -1.62. The summed E-state index contributed by atoms with van der Waals surface area (Å²) in [5.41, 5.74) is 5.51. The second-order valence-corrected chi connectivity index (χ2v) is 6.64. The zero-order valence-electron chi connectivity index (χ0n) is 16.9. The Morgan fingerprint density at radius 1 is 1.04 bits per heavy atom. The van der Waals surface area contributed by atoms with Crippen LogP contribution in [-0.2, 0) is 13.5 Å². The van der Waals surface area contributed by atoms with E-state index in [0.29, 0.717) is 17.7 Å². The van der Waals surface area contributed by atoms with Crippen molar-refractivity contribution >= 4 is 22.1 Å². The van der Waals surface area contributed by atoms with Crippen molar-refractivity contribution in [2.45, 2.75) is 6.54 Å². The summed E-state index contributed by atoms with van der Waals surface area (Å²) in [4.78, 5) is 4.21. The number of fused-ring (bicyclic) bond motifs is 7. The molecule has 4 heteroatoms. The minimum Gasteiger partial charge on any atom is -0.306 e. The fourth-order valence-electron chi connectivity index (χ4n) is 4.19. The number of nitrogens with zero attached hydrogens (tertiary/aromatic N) is 4. The predicted octanol–water partition coefficient (Wildman–Crippen LogP) is 3.83. The van der Waals surface area contributed by atoms with Crippen LogP contribution in [0.25, 0.3) is 39.1 Å². The Morgan fingerprint density at radius 2 is 1.88 bits per heavy atom. The lowest BCUT2D eigenvalue weighted by molar-refractivity contribution is -0.645. The number of aromatic nitrogens is 4. The molecule has 6 rings (SSSR count). The molecule has 0 radical (unpaired) electrons. The molecule has 0 amide bonds. The molecule has 0 aliphatic carbocycles. The van der Waals surface area contributed by atoms with E-state index in [9.17, 15) is 0 Å². The SMILES string of the molecule is [2H]C([2H])([2H])n1c2cnccc2c2c1n(-c1ccccc1)c1[n+]2Cc2ccccc2-1. The maximum Gasteiger partial charge on any atom is 0.297 e. The van der Waals surface area contributed by atoms with Gasteiger partial charge in [0, 0.05) is 22.8 Å². The van der Waals surface area contributed by atoms with Crippen molar-refractivity contribution in [1.29, 1.82) is 0 Å². The number of rotatable bonds is 1. The molecule has 4 heterocycles. The Hall–Kier alpha value is -3.40. The number of aryl methyl sites for hydroxylation is 1. The van der Waals surface area contributed by atoms with E-state index in [-0.39, 0.29) is 0 Å². The molecule has 0 atom stereocenters. The van der Waals surface area contributed by atoms with Crippen LogP contribution in [0.5, 0.6) is 0 Å². The number of pyridine rings is 1. The summed E-state index contributed by atoms with van der Waals surface area (Å²) >= 11 is 0. The normalized spacial score (nSPS) is 14.8. The average Bonchev–Trinajstić information content (AvgIpc) is 3.34. The molecule has 0 spiro atoms. The van der Waals surface area contributed by atoms with Gasteiger partial charge in [-0.25, -0.2) is 4.57 Å². The van der Waals surface area contributed by atoms with E-state index < -0.39 is 6.98 Å². The van der Waals surface area contributed by atoms with Crippen LogP contribution in [-0.4, -0.2) is 14.1 Å². The van der Waals surface area contributed by atoms with E-state index in [1.807, 2.05) is 48.5 Å². The van der Waals surface area contributed by atoms with Crippen molar-refractivity contribution in [3.63, 3.8) is 0 Å². The molecule has 4 nitrogen and oxygen atoms in total. The molecular weight excluding hydrogens is 320 g/mol. The highest BCUT2D eigenvalue weighted by molar-refractivity contribution is 6.04. The van der Waals surface area contributed by atoms with E-state index in [0.717, 1.165) is 28.0 Å². The van der Waals surface area contributed by atoms with Gasteiger partial charge >= 0.3 is 0 Å². The molecule has 2 aromatic carbocycles. The largest absolute Gasteiger partial charge is 0.306 e. The molecule has 0 saturated carbocycles. The Kier molecular flexibility index (Phi) is 2.09. The first-order chi connectivity index (χ1) is 14.1. The number of hydrogen-bond donors (Lipinski definition) is 0. The Balaban J connectivity index is 1.89. The summed E-state index contributed by atoms with van der Waals surface area (Å²) < 4.78 is 30.5. The van der Waals surface area contributed by atoms with Gasteiger partial charge in [-0.2, -0.15) is 4.57 Å². The van der Waals surface area contributed by atoms with Crippen LogP contribution in [0.1, 0.15) is 9.68 Å². The summed E-state index contributed by atoms with van der Waals surface area (Å²) in [6, 6.07) is 20.2. The first-order valence-corrected chi connectivity index (χ1v) is 8.62. The summed E-state index contributed by atoms with van der Waals surface area (Å²) in [5.74, 6) is 1.01. The van der Waals surface area contributed by atoms with Gasteiger partial charge in [0.05, 0.1) is 22.7 Å². The van der Waals surface area contributed by atoms with Crippen molar-refractivity contribution in [3.8, 4) is 17.1 Å². The highest BCUT2D eigenvalue weighted by Crippen LogP contribution is 2.37. The van der Waals surface area contributed by atoms with E-state index in [1.54, 1.807) is 12.4 Å². The van der Waals surface area contributed by atoms with Crippen LogP contribution < -0.4 is 4.57 Å². The third kappa shape index (κ3) is 1.59. The molecule has 0 fully saturated rings.